The number of hydrogen-bond donors (Lipinski definition) is 1. The van der Waals surface area contributed by atoms with E-state index in [2.05, 4.69) is 10.3 Å². The van der Waals surface area contributed by atoms with E-state index in [0.717, 1.165) is 0 Å². The van der Waals surface area contributed by atoms with Crippen LogP contribution >= 0.6 is 0 Å². The minimum atomic E-state index is -1.13. The monoisotopic (exact) mass is 249 g/mol. The van der Waals surface area contributed by atoms with E-state index in [9.17, 15) is 9.90 Å². The highest BCUT2D eigenvalue weighted by Crippen LogP contribution is 2.34. The topological polar surface area (TPSA) is 86.5 Å². The quantitative estimate of drug-likeness (QED) is 0.869. The molecule has 0 bridgehead atoms. The third kappa shape index (κ3) is 1.86. The molecule has 2 aromatic rings. The molecule has 7 heteroatoms. The second-order valence-corrected chi connectivity index (χ2v) is 3.35. The molecular formula is C11H11N3O4. The number of carboxylic acids is 1. The van der Waals surface area contributed by atoms with Crippen LogP contribution in [0.2, 0.25) is 0 Å². The SMILES string of the molecule is COc1ccc(-n2ccnn2)c(C(=O)O)c1OC. The van der Waals surface area contributed by atoms with E-state index in [1.54, 1.807) is 18.3 Å². The van der Waals surface area contributed by atoms with Crippen molar-refractivity contribution >= 4 is 5.97 Å². The maximum atomic E-state index is 11.4. The Balaban J connectivity index is 2.71. The summed E-state index contributed by atoms with van der Waals surface area (Å²) in [6.45, 7) is 0. The van der Waals surface area contributed by atoms with Gasteiger partial charge in [0.1, 0.15) is 5.56 Å². The van der Waals surface area contributed by atoms with Gasteiger partial charge in [0.05, 0.1) is 32.3 Å². The third-order valence-corrected chi connectivity index (χ3v) is 2.41. The summed E-state index contributed by atoms with van der Waals surface area (Å²) in [5, 5.41) is 16.7. The van der Waals surface area contributed by atoms with Crippen LogP contribution in [0, 0.1) is 0 Å². The number of hydrogen-bond acceptors (Lipinski definition) is 5. The molecule has 0 fully saturated rings. The summed E-state index contributed by atoms with van der Waals surface area (Å²) in [5.41, 5.74) is 0.333. The van der Waals surface area contributed by atoms with Crippen molar-refractivity contribution in [2.24, 2.45) is 0 Å². The fourth-order valence-electron chi connectivity index (χ4n) is 1.65. The summed E-state index contributed by atoms with van der Waals surface area (Å²) < 4.78 is 11.5. The lowest BCUT2D eigenvalue weighted by Gasteiger charge is -2.13. The molecule has 1 aromatic carbocycles. The number of carboxylic acid groups (broad SMARTS) is 1. The van der Waals surface area contributed by atoms with Crippen molar-refractivity contribution in [2.45, 2.75) is 0 Å². The van der Waals surface area contributed by atoms with E-state index in [-0.39, 0.29) is 11.3 Å². The third-order valence-electron chi connectivity index (χ3n) is 2.41. The van der Waals surface area contributed by atoms with Crippen LogP contribution in [0.4, 0.5) is 0 Å². The van der Waals surface area contributed by atoms with Crippen LogP contribution in [0.15, 0.2) is 24.5 Å². The average Bonchev–Trinajstić information content (AvgIpc) is 2.90. The van der Waals surface area contributed by atoms with Gasteiger partial charge in [0.2, 0.25) is 0 Å². The van der Waals surface area contributed by atoms with Gasteiger partial charge in [-0.15, -0.1) is 5.10 Å². The lowest BCUT2D eigenvalue weighted by molar-refractivity contribution is 0.0692. The summed E-state index contributed by atoms with van der Waals surface area (Å²) in [5.74, 6) is -0.631. The maximum Gasteiger partial charge on any atom is 0.341 e. The Kier molecular flexibility index (Phi) is 3.13. The molecule has 0 aliphatic carbocycles. The van der Waals surface area contributed by atoms with Crippen LogP contribution in [-0.4, -0.2) is 40.3 Å². The molecule has 94 valence electrons. The molecule has 0 atom stereocenters. The van der Waals surface area contributed by atoms with Gasteiger partial charge in [-0.3, -0.25) is 0 Å². The smallest absolute Gasteiger partial charge is 0.341 e. The zero-order valence-corrected chi connectivity index (χ0v) is 9.82. The molecular weight excluding hydrogens is 238 g/mol. The number of aromatic carboxylic acids is 1. The van der Waals surface area contributed by atoms with Gasteiger partial charge in [0.15, 0.2) is 11.5 Å². The van der Waals surface area contributed by atoms with Crippen molar-refractivity contribution in [3.8, 4) is 17.2 Å². The van der Waals surface area contributed by atoms with E-state index in [0.29, 0.717) is 11.4 Å². The number of aromatic nitrogens is 3. The number of rotatable bonds is 4. The highest BCUT2D eigenvalue weighted by molar-refractivity contribution is 5.96. The predicted molar refractivity (Wildman–Crippen MR) is 61.4 cm³/mol. The molecule has 0 spiro atoms. The van der Waals surface area contributed by atoms with E-state index in [1.807, 2.05) is 0 Å². The second-order valence-electron chi connectivity index (χ2n) is 3.35. The number of benzene rings is 1. The van der Waals surface area contributed by atoms with Gasteiger partial charge in [-0.25, -0.2) is 9.48 Å². The minimum Gasteiger partial charge on any atom is -0.493 e. The van der Waals surface area contributed by atoms with Crippen LogP contribution in [0.25, 0.3) is 5.69 Å². The van der Waals surface area contributed by atoms with Crippen molar-refractivity contribution in [3.63, 3.8) is 0 Å². The van der Waals surface area contributed by atoms with E-state index < -0.39 is 5.97 Å². The largest absolute Gasteiger partial charge is 0.493 e. The number of nitrogens with zero attached hydrogens (tertiary/aromatic N) is 3. The van der Waals surface area contributed by atoms with E-state index in [1.165, 1.54) is 25.1 Å². The summed E-state index contributed by atoms with van der Waals surface area (Å²) in [6.07, 6.45) is 3.01. The summed E-state index contributed by atoms with van der Waals surface area (Å²) >= 11 is 0. The average molecular weight is 249 g/mol. The van der Waals surface area contributed by atoms with Gasteiger partial charge in [0, 0.05) is 0 Å². The zero-order valence-electron chi connectivity index (χ0n) is 9.82. The second kappa shape index (κ2) is 4.74. The van der Waals surface area contributed by atoms with Crippen molar-refractivity contribution in [1.29, 1.82) is 0 Å². The molecule has 0 aliphatic heterocycles. The number of ether oxygens (including phenoxy) is 2. The normalized spacial score (nSPS) is 10.1. The molecule has 0 saturated heterocycles. The molecule has 0 aliphatic rings. The summed E-state index contributed by atoms with van der Waals surface area (Å²) in [7, 11) is 2.83. The molecule has 1 heterocycles. The lowest BCUT2D eigenvalue weighted by Crippen LogP contribution is -2.09. The Bertz CT molecular complexity index is 566. The van der Waals surface area contributed by atoms with E-state index >= 15 is 0 Å². The van der Waals surface area contributed by atoms with Crippen molar-refractivity contribution < 1.29 is 19.4 Å². The Morgan fingerprint density at radius 1 is 1.33 bits per heavy atom. The Hall–Kier alpha value is -2.57. The van der Waals surface area contributed by atoms with Gasteiger partial charge in [-0.2, -0.15) is 0 Å². The standard InChI is InChI=1S/C11H11N3O4/c1-17-8-4-3-7(14-6-5-12-13-14)9(11(15)16)10(8)18-2/h3-6H,1-2H3,(H,15,16). The lowest BCUT2D eigenvalue weighted by atomic mass is 10.1. The fourth-order valence-corrected chi connectivity index (χ4v) is 1.65. The first-order chi connectivity index (χ1) is 8.69. The van der Waals surface area contributed by atoms with Gasteiger partial charge in [-0.1, -0.05) is 5.21 Å². The molecule has 7 nitrogen and oxygen atoms in total. The zero-order chi connectivity index (χ0) is 13.1. The first-order valence-corrected chi connectivity index (χ1v) is 5.04. The first kappa shape index (κ1) is 11.9. The number of carbonyl (C=O) groups is 1. The highest BCUT2D eigenvalue weighted by Gasteiger charge is 2.22. The molecule has 1 N–H and O–H groups in total. The molecule has 2 rings (SSSR count). The van der Waals surface area contributed by atoms with Crippen LogP contribution in [0.3, 0.4) is 0 Å². The Labute approximate surface area is 103 Å². The molecule has 1 aromatic heterocycles. The van der Waals surface area contributed by atoms with Gasteiger partial charge >= 0.3 is 5.97 Å². The van der Waals surface area contributed by atoms with Crippen LogP contribution in [0.1, 0.15) is 10.4 Å². The first-order valence-electron chi connectivity index (χ1n) is 5.04. The van der Waals surface area contributed by atoms with Crippen LogP contribution in [0.5, 0.6) is 11.5 Å². The maximum absolute atomic E-state index is 11.4. The van der Waals surface area contributed by atoms with Crippen molar-refractivity contribution in [3.05, 3.63) is 30.1 Å². The molecule has 0 unspecified atom stereocenters. The van der Waals surface area contributed by atoms with Gasteiger partial charge < -0.3 is 14.6 Å². The fraction of sp³-hybridized carbons (Fsp3) is 0.182. The Morgan fingerprint density at radius 2 is 2.11 bits per heavy atom. The molecule has 0 saturated carbocycles. The van der Waals surface area contributed by atoms with Crippen molar-refractivity contribution in [2.75, 3.05) is 14.2 Å². The number of methoxy groups -OCH3 is 2. The molecule has 0 amide bonds. The van der Waals surface area contributed by atoms with Crippen LogP contribution in [-0.2, 0) is 0 Å². The summed E-state index contributed by atoms with van der Waals surface area (Å²) in [4.78, 5) is 11.4. The molecule has 0 radical (unpaired) electrons. The summed E-state index contributed by atoms with van der Waals surface area (Å²) in [6, 6.07) is 3.20. The minimum absolute atomic E-state index is 0.0256. The van der Waals surface area contributed by atoms with Gasteiger partial charge in [-0.05, 0) is 12.1 Å². The van der Waals surface area contributed by atoms with Crippen LogP contribution < -0.4 is 9.47 Å². The highest BCUT2D eigenvalue weighted by atomic mass is 16.5. The van der Waals surface area contributed by atoms with E-state index in [4.69, 9.17) is 9.47 Å². The van der Waals surface area contributed by atoms with Gasteiger partial charge in [0.25, 0.3) is 0 Å². The molecule has 18 heavy (non-hydrogen) atoms. The Morgan fingerprint density at radius 3 is 2.61 bits per heavy atom. The predicted octanol–water partition coefficient (Wildman–Crippen LogP) is 0.983. The van der Waals surface area contributed by atoms with Crippen molar-refractivity contribution in [1.82, 2.24) is 15.0 Å².